The summed E-state index contributed by atoms with van der Waals surface area (Å²) < 4.78 is 0. The summed E-state index contributed by atoms with van der Waals surface area (Å²) in [6, 6.07) is 5.00. The van der Waals surface area contributed by atoms with E-state index in [1.54, 1.807) is 12.1 Å². The van der Waals surface area contributed by atoms with Gasteiger partial charge in [0, 0.05) is 0 Å². The molecule has 1 N–H and O–H groups in total. The summed E-state index contributed by atoms with van der Waals surface area (Å²) in [7, 11) is 0. The normalized spacial score (nSPS) is 9.75. The third-order valence-electron chi connectivity index (χ3n) is 1.23. The molecular weight excluding hydrogens is 174 g/mol. The van der Waals surface area contributed by atoms with Crippen LogP contribution in [0.4, 0.5) is 0 Å². The number of aromatic nitrogens is 1. The number of pyridine rings is 1. The van der Waals surface area contributed by atoms with E-state index in [2.05, 4.69) is 4.98 Å². The fraction of sp³-hybridized carbons (Fsp3) is 0.250. The summed E-state index contributed by atoms with van der Waals surface area (Å²) in [6.45, 7) is 2.00. The van der Waals surface area contributed by atoms with E-state index >= 15 is 0 Å². The highest BCUT2D eigenvalue weighted by atomic mass is 32.2. The molecule has 0 saturated carbocycles. The van der Waals surface area contributed by atoms with Crippen molar-refractivity contribution in [3.8, 4) is 0 Å². The second-order valence-electron chi connectivity index (χ2n) is 2.10. The van der Waals surface area contributed by atoms with Crippen LogP contribution in [0.2, 0.25) is 0 Å². The van der Waals surface area contributed by atoms with Gasteiger partial charge in [-0.1, -0.05) is 13.0 Å². The Morgan fingerprint density at radius 2 is 2.42 bits per heavy atom. The van der Waals surface area contributed by atoms with E-state index in [1.807, 2.05) is 6.92 Å². The van der Waals surface area contributed by atoms with Crippen molar-refractivity contribution in [3.63, 3.8) is 0 Å². The number of nitrogens with zero attached hydrogens (tertiary/aromatic N) is 1. The minimum Gasteiger partial charge on any atom is -0.477 e. The number of hydrogen-bond acceptors (Lipinski definition) is 3. The average Bonchev–Trinajstić information content (AvgIpc) is 2.05. The van der Waals surface area contributed by atoms with Crippen LogP contribution in [0.3, 0.4) is 0 Å². The van der Waals surface area contributed by atoms with Crippen LogP contribution in [0.15, 0.2) is 23.2 Å². The molecule has 0 amide bonds. The molecule has 1 rings (SSSR count). The lowest BCUT2D eigenvalue weighted by Gasteiger charge is -1.97. The Balaban J connectivity index is 2.88. The van der Waals surface area contributed by atoms with Gasteiger partial charge in [-0.25, -0.2) is 9.78 Å². The Hall–Kier alpha value is -1.03. The first-order valence-electron chi connectivity index (χ1n) is 3.57. The van der Waals surface area contributed by atoms with Crippen molar-refractivity contribution in [1.82, 2.24) is 4.98 Å². The molecule has 3 nitrogen and oxygen atoms in total. The topological polar surface area (TPSA) is 50.2 Å². The van der Waals surface area contributed by atoms with Gasteiger partial charge in [0.05, 0.1) is 5.03 Å². The lowest BCUT2D eigenvalue weighted by Crippen LogP contribution is -1.99. The Bertz CT molecular complexity index is 288. The van der Waals surface area contributed by atoms with E-state index in [9.17, 15) is 4.79 Å². The Morgan fingerprint density at radius 1 is 1.67 bits per heavy atom. The quantitative estimate of drug-likeness (QED) is 0.727. The van der Waals surface area contributed by atoms with Crippen molar-refractivity contribution in [1.29, 1.82) is 0 Å². The smallest absolute Gasteiger partial charge is 0.354 e. The predicted molar refractivity (Wildman–Crippen MR) is 47.6 cm³/mol. The van der Waals surface area contributed by atoms with Crippen LogP contribution in [0, 0.1) is 0 Å². The number of carbonyl (C=O) groups is 1. The monoisotopic (exact) mass is 183 g/mol. The first-order valence-corrected chi connectivity index (χ1v) is 4.55. The first-order chi connectivity index (χ1) is 5.74. The number of hydrogen-bond donors (Lipinski definition) is 1. The highest BCUT2D eigenvalue weighted by Crippen LogP contribution is 2.14. The van der Waals surface area contributed by atoms with Crippen LogP contribution in [0.5, 0.6) is 0 Å². The molecule has 0 radical (unpaired) electrons. The highest BCUT2D eigenvalue weighted by Gasteiger charge is 2.03. The number of rotatable bonds is 3. The maximum Gasteiger partial charge on any atom is 0.354 e. The molecule has 0 aliphatic heterocycles. The summed E-state index contributed by atoms with van der Waals surface area (Å²) in [5.74, 6) is -0.0793. The van der Waals surface area contributed by atoms with E-state index in [1.165, 1.54) is 17.8 Å². The molecule has 0 saturated heterocycles. The lowest BCUT2D eigenvalue weighted by atomic mass is 10.4. The molecule has 0 aromatic carbocycles. The lowest BCUT2D eigenvalue weighted by molar-refractivity contribution is 0.0689. The van der Waals surface area contributed by atoms with Crippen molar-refractivity contribution in [3.05, 3.63) is 23.9 Å². The number of aromatic carboxylic acids is 1. The number of carboxylic acids is 1. The second kappa shape index (κ2) is 4.11. The average molecular weight is 183 g/mol. The molecule has 0 atom stereocenters. The molecule has 4 heteroatoms. The van der Waals surface area contributed by atoms with Crippen molar-refractivity contribution < 1.29 is 9.90 Å². The fourth-order valence-corrected chi connectivity index (χ4v) is 1.40. The largest absolute Gasteiger partial charge is 0.477 e. The summed E-state index contributed by atoms with van der Waals surface area (Å²) in [6.07, 6.45) is 0. The number of carboxylic acid groups (broad SMARTS) is 1. The van der Waals surface area contributed by atoms with Crippen LogP contribution in [-0.2, 0) is 0 Å². The Kier molecular flexibility index (Phi) is 3.10. The summed E-state index contributed by atoms with van der Waals surface area (Å²) in [5, 5.41) is 9.37. The van der Waals surface area contributed by atoms with Crippen molar-refractivity contribution in [2.45, 2.75) is 11.9 Å². The highest BCUT2D eigenvalue weighted by molar-refractivity contribution is 7.99. The van der Waals surface area contributed by atoms with Gasteiger partial charge < -0.3 is 5.11 Å². The molecule has 1 heterocycles. The van der Waals surface area contributed by atoms with Gasteiger partial charge in [-0.15, -0.1) is 11.8 Å². The minimum atomic E-state index is -0.978. The molecular formula is C8H9NO2S. The van der Waals surface area contributed by atoms with Crippen LogP contribution < -0.4 is 0 Å². The van der Waals surface area contributed by atoms with Gasteiger partial charge in [0.15, 0.2) is 0 Å². The van der Waals surface area contributed by atoms with Gasteiger partial charge in [-0.05, 0) is 17.9 Å². The minimum absolute atomic E-state index is 0.105. The van der Waals surface area contributed by atoms with Gasteiger partial charge in [-0.3, -0.25) is 0 Å². The van der Waals surface area contributed by atoms with Gasteiger partial charge in [-0.2, -0.15) is 0 Å². The summed E-state index contributed by atoms with van der Waals surface area (Å²) in [4.78, 5) is 14.4. The Labute approximate surface area is 74.8 Å². The van der Waals surface area contributed by atoms with Gasteiger partial charge in [0.2, 0.25) is 0 Å². The SMILES string of the molecule is CCSc1cccc(C(=O)O)n1. The van der Waals surface area contributed by atoms with E-state index in [0.29, 0.717) is 0 Å². The zero-order valence-corrected chi connectivity index (χ0v) is 7.47. The predicted octanol–water partition coefficient (Wildman–Crippen LogP) is 1.89. The Morgan fingerprint density at radius 3 is 3.00 bits per heavy atom. The molecule has 0 aliphatic rings. The van der Waals surface area contributed by atoms with Crippen LogP contribution >= 0.6 is 11.8 Å². The molecule has 0 aliphatic carbocycles. The van der Waals surface area contributed by atoms with E-state index in [4.69, 9.17) is 5.11 Å². The van der Waals surface area contributed by atoms with Crippen LogP contribution in [0.25, 0.3) is 0 Å². The van der Waals surface area contributed by atoms with E-state index in [-0.39, 0.29) is 5.69 Å². The van der Waals surface area contributed by atoms with Crippen molar-refractivity contribution in [2.75, 3.05) is 5.75 Å². The third-order valence-corrected chi connectivity index (χ3v) is 2.05. The zero-order valence-electron chi connectivity index (χ0n) is 6.65. The van der Waals surface area contributed by atoms with E-state index < -0.39 is 5.97 Å². The van der Waals surface area contributed by atoms with Crippen molar-refractivity contribution >= 4 is 17.7 Å². The molecule has 0 fully saturated rings. The standard InChI is InChI=1S/C8H9NO2S/c1-2-12-7-5-3-4-6(9-7)8(10)11/h3-5H,2H2,1H3,(H,10,11). The van der Waals surface area contributed by atoms with Gasteiger partial charge >= 0.3 is 5.97 Å². The van der Waals surface area contributed by atoms with Crippen molar-refractivity contribution in [2.24, 2.45) is 0 Å². The van der Waals surface area contributed by atoms with Crippen LogP contribution in [-0.4, -0.2) is 21.8 Å². The van der Waals surface area contributed by atoms with Gasteiger partial charge in [0.25, 0.3) is 0 Å². The first kappa shape index (κ1) is 9.06. The molecule has 0 unspecified atom stereocenters. The number of thioether (sulfide) groups is 1. The molecule has 12 heavy (non-hydrogen) atoms. The molecule has 1 aromatic heterocycles. The summed E-state index contributed by atoms with van der Waals surface area (Å²) >= 11 is 1.53. The van der Waals surface area contributed by atoms with E-state index in [0.717, 1.165) is 10.8 Å². The molecule has 64 valence electrons. The van der Waals surface area contributed by atoms with Gasteiger partial charge in [0.1, 0.15) is 5.69 Å². The maximum absolute atomic E-state index is 10.5. The fourth-order valence-electron chi connectivity index (χ4n) is 0.762. The third kappa shape index (κ3) is 2.23. The molecule has 0 spiro atoms. The van der Waals surface area contributed by atoms with Crippen LogP contribution in [0.1, 0.15) is 17.4 Å². The maximum atomic E-state index is 10.5. The molecule has 0 bridgehead atoms. The molecule has 1 aromatic rings. The second-order valence-corrected chi connectivity index (χ2v) is 3.38. The summed E-state index contributed by atoms with van der Waals surface area (Å²) in [5.41, 5.74) is 0.105. The zero-order chi connectivity index (χ0) is 8.97.